The van der Waals surface area contributed by atoms with Gasteiger partial charge in [0.25, 0.3) is 0 Å². The smallest absolute Gasteiger partial charge is 0.0692 e. The maximum atomic E-state index is 9.64. The first-order chi connectivity index (χ1) is 6.86. The van der Waals surface area contributed by atoms with E-state index in [4.69, 9.17) is 0 Å². The molecule has 2 unspecified atom stereocenters. The highest BCUT2D eigenvalue weighted by molar-refractivity contribution is 4.82. The molecule has 14 heavy (non-hydrogen) atoms. The van der Waals surface area contributed by atoms with Crippen molar-refractivity contribution >= 4 is 0 Å². The molecule has 0 spiro atoms. The number of piperidine rings is 1. The maximum Gasteiger partial charge on any atom is 0.0692 e. The van der Waals surface area contributed by atoms with E-state index in [1.807, 2.05) is 0 Å². The topological polar surface area (TPSA) is 44.3 Å². The summed E-state index contributed by atoms with van der Waals surface area (Å²) in [5, 5.41) is 16.4. The number of nitrogens with one attached hydrogen (secondary N) is 2. The summed E-state index contributed by atoms with van der Waals surface area (Å²) in [6.07, 6.45) is 5.00. The van der Waals surface area contributed by atoms with Crippen LogP contribution in [0.2, 0.25) is 0 Å². The van der Waals surface area contributed by atoms with Gasteiger partial charge >= 0.3 is 0 Å². The van der Waals surface area contributed by atoms with Gasteiger partial charge < -0.3 is 15.7 Å². The van der Waals surface area contributed by atoms with Crippen LogP contribution in [0.3, 0.4) is 0 Å². The van der Waals surface area contributed by atoms with Crippen molar-refractivity contribution in [3.63, 3.8) is 0 Å². The number of rotatable bonds is 5. The molecule has 2 atom stereocenters. The predicted molar refractivity (Wildman–Crippen MR) is 57.2 cm³/mol. The fourth-order valence-corrected chi connectivity index (χ4v) is 2.18. The first-order valence-corrected chi connectivity index (χ1v) is 5.96. The molecule has 1 aliphatic carbocycles. The van der Waals surface area contributed by atoms with Crippen LogP contribution in [0, 0.1) is 11.8 Å². The largest absolute Gasteiger partial charge is 0.392 e. The second kappa shape index (κ2) is 5.10. The number of hydrogen-bond acceptors (Lipinski definition) is 3. The fraction of sp³-hybridized carbons (Fsp3) is 1.00. The normalized spacial score (nSPS) is 30.2. The van der Waals surface area contributed by atoms with Gasteiger partial charge in [-0.15, -0.1) is 0 Å². The Balaban J connectivity index is 1.52. The minimum Gasteiger partial charge on any atom is -0.392 e. The van der Waals surface area contributed by atoms with Gasteiger partial charge in [-0.1, -0.05) is 0 Å². The van der Waals surface area contributed by atoms with Crippen LogP contribution in [0.5, 0.6) is 0 Å². The van der Waals surface area contributed by atoms with Gasteiger partial charge in [0.1, 0.15) is 0 Å². The second-order valence-electron chi connectivity index (χ2n) is 4.78. The lowest BCUT2D eigenvalue weighted by Crippen LogP contribution is -2.38. The zero-order valence-corrected chi connectivity index (χ0v) is 8.84. The standard InChI is InChI=1S/C11H22N2O/c14-11(10-3-4-10)8-13-7-9-2-1-5-12-6-9/h9-14H,1-8H2. The molecule has 2 rings (SSSR count). The van der Waals surface area contributed by atoms with E-state index in [0.29, 0.717) is 5.92 Å². The summed E-state index contributed by atoms with van der Waals surface area (Å²) in [5.74, 6) is 1.38. The summed E-state index contributed by atoms with van der Waals surface area (Å²) in [6.45, 7) is 4.19. The summed E-state index contributed by atoms with van der Waals surface area (Å²) in [4.78, 5) is 0. The van der Waals surface area contributed by atoms with Crippen molar-refractivity contribution < 1.29 is 5.11 Å². The summed E-state index contributed by atoms with van der Waals surface area (Å²) in [6, 6.07) is 0. The van der Waals surface area contributed by atoms with Crippen LogP contribution in [-0.4, -0.2) is 37.4 Å². The van der Waals surface area contributed by atoms with Crippen molar-refractivity contribution in [1.29, 1.82) is 0 Å². The van der Waals surface area contributed by atoms with Crippen LogP contribution in [0.25, 0.3) is 0 Å². The Bertz CT molecular complexity index is 165. The van der Waals surface area contributed by atoms with Gasteiger partial charge in [0, 0.05) is 6.54 Å². The molecule has 0 aromatic carbocycles. The molecule has 0 aromatic rings. The Kier molecular flexibility index (Phi) is 3.79. The van der Waals surface area contributed by atoms with E-state index < -0.39 is 0 Å². The number of hydrogen-bond donors (Lipinski definition) is 3. The first-order valence-electron chi connectivity index (χ1n) is 5.96. The van der Waals surface area contributed by atoms with Gasteiger partial charge in [0.2, 0.25) is 0 Å². The summed E-state index contributed by atoms with van der Waals surface area (Å²) < 4.78 is 0. The van der Waals surface area contributed by atoms with Crippen molar-refractivity contribution in [3.05, 3.63) is 0 Å². The molecule has 0 radical (unpaired) electrons. The molecule has 1 saturated heterocycles. The lowest BCUT2D eigenvalue weighted by molar-refractivity contribution is 0.146. The molecule has 3 nitrogen and oxygen atoms in total. The molecule has 0 bridgehead atoms. The van der Waals surface area contributed by atoms with Crippen molar-refractivity contribution in [2.24, 2.45) is 11.8 Å². The van der Waals surface area contributed by atoms with Gasteiger partial charge in [-0.25, -0.2) is 0 Å². The summed E-state index contributed by atoms with van der Waals surface area (Å²) in [5.41, 5.74) is 0. The van der Waals surface area contributed by atoms with E-state index in [1.54, 1.807) is 0 Å². The van der Waals surface area contributed by atoms with Crippen LogP contribution < -0.4 is 10.6 Å². The minimum absolute atomic E-state index is 0.0912. The van der Waals surface area contributed by atoms with E-state index in [2.05, 4.69) is 10.6 Å². The Labute approximate surface area is 86.3 Å². The average molecular weight is 198 g/mol. The molecule has 3 heteroatoms. The fourth-order valence-electron chi connectivity index (χ4n) is 2.18. The molecule has 82 valence electrons. The lowest BCUT2D eigenvalue weighted by Gasteiger charge is -2.23. The highest BCUT2D eigenvalue weighted by atomic mass is 16.3. The van der Waals surface area contributed by atoms with Crippen molar-refractivity contribution in [2.75, 3.05) is 26.2 Å². The zero-order valence-electron chi connectivity index (χ0n) is 8.84. The highest BCUT2D eigenvalue weighted by Gasteiger charge is 2.29. The molecule has 1 saturated carbocycles. The molecule has 2 fully saturated rings. The third-order valence-electron chi connectivity index (χ3n) is 3.35. The molecule has 2 aliphatic rings. The van der Waals surface area contributed by atoms with Crippen LogP contribution in [0.4, 0.5) is 0 Å². The minimum atomic E-state index is -0.0912. The monoisotopic (exact) mass is 198 g/mol. The van der Waals surface area contributed by atoms with Crippen molar-refractivity contribution in [1.82, 2.24) is 10.6 Å². The van der Waals surface area contributed by atoms with E-state index in [1.165, 1.54) is 32.2 Å². The Hall–Kier alpha value is -0.120. The number of aliphatic hydroxyl groups excluding tert-OH is 1. The summed E-state index contributed by atoms with van der Waals surface area (Å²) in [7, 11) is 0. The Morgan fingerprint density at radius 1 is 1.36 bits per heavy atom. The van der Waals surface area contributed by atoms with E-state index >= 15 is 0 Å². The van der Waals surface area contributed by atoms with Crippen LogP contribution >= 0.6 is 0 Å². The molecule has 1 heterocycles. The van der Waals surface area contributed by atoms with Gasteiger partial charge in [0.15, 0.2) is 0 Å². The molecule has 0 amide bonds. The predicted octanol–water partition coefficient (Wildman–Crippen LogP) is 0.346. The molecular formula is C11H22N2O. The first kappa shape index (κ1) is 10.4. The van der Waals surface area contributed by atoms with Gasteiger partial charge in [0.05, 0.1) is 6.10 Å². The van der Waals surface area contributed by atoms with Gasteiger partial charge in [-0.2, -0.15) is 0 Å². The van der Waals surface area contributed by atoms with Crippen molar-refractivity contribution in [2.45, 2.75) is 31.8 Å². The third-order valence-corrected chi connectivity index (χ3v) is 3.35. The third kappa shape index (κ3) is 3.23. The van der Waals surface area contributed by atoms with E-state index in [0.717, 1.165) is 25.6 Å². The number of aliphatic hydroxyl groups is 1. The average Bonchev–Trinajstić information content (AvgIpc) is 3.02. The zero-order chi connectivity index (χ0) is 9.80. The quantitative estimate of drug-likeness (QED) is 0.597. The molecular weight excluding hydrogens is 176 g/mol. The lowest BCUT2D eigenvalue weighted by atomic mass is 10.00. The Morgan fingerprint density at radius 3 is 2.86 bits per heavy atom. The van der Waals surface area contributed by atoms with Gasteiger partial charge in [-0.3, -0.25) is 0 Å². The summed E-state index contributed by atoms with van der Waals surface area (Å²) >= 11 is 0. The van der Waals surface area contributed by atoms with Crippen molar-refractivity contribution in [3.8, 4) is 0 Å². The van der Waals surface area contributed by atoms with E-state index in [9.17, 15) is 5.11 Å². The molecule has 1 aliphatic heterocycles. The highest BCUT2D eigenvalue weighted by Crippen LogP contribution is 2.32. The van der Waals surface area contributed by atoms with Crippen LogP contribution in [-0.2, 0) is 0 Å². The SMILES string of the molecule is OC(CNCC1CCCNC1)C1CC1. The molecule has 0 aromatic heterocycles. The van der Waals surface area contributed by atoms with E-state index in [-0.39, 0.29) is 6.10 Å². The van der Waals surface area contributed by atoms with Crippen LogP contribution in [0.1, 0.15) is 25.7 Å². The van der Waals surface area contributed by atoms with Crippen LogP contribution in [0.15, 0.2) is 0 Å². The van der Waals surface area contributed by atoms with Gasteiger partial charge in [-0.05, 0) is 57.2 Å². The maximum absolute atomic E-state index is 9.64. The second-order valence-corrected chi connectivity index (χ2v) is 4.78. The Morgan fingerprint density at radius 2 is 2.21 bits per heavy atom. The molecule has 3 N–H and O–H groups in total.